The second-order valence-corrected chi connectivity index (χ2v) is 8.40. The van der Waals surface area contributed by atoms with E-state index in [1.807, 2.05) is 4.90 Å². The van der Waals surface area contributed by atoms with Crippen LogP contribution in [0.5, 0.6) is 0 Å². The zero-order chi connectivity index (χ0) is 17.1. The van der Waals surface area contributed by atoms with Crippen LogP contribution in [0.1, 0.15) is 61.9 Å². The highest BCUT2D eigenvalue weighted by Crippen LogP contribution is 2.50. The summed E-state index contributed by atoms with van der Waals surface area (Å²) >= 11 is 0. The van der Waals surface area contributed by atoms with Gasteiger partial charge in [-0.3, -0.25) is 14.9 Å². The summed E-state index contributed by atoms with van der Waals surface area (Å²) in [6, 6.07) is 4.87. The Morgan fingerprint density at radius 3 is 2.50 bits per heavy atom. The monoisotopic (exact) mass is 328 g/mol. The fraction of sp³-hybridized carbons (Fsp3) is 0.632. The van der Waals surface area contributed by atoms with Gasteiger partial charge in [-0.2, -0.15) is 0 Å². The van der Waals surface area contributed by atoms with Gasteiger partial charge in [0.2, 0.25) is 0 Å². The maximum Gasteiger partial charge on any atom is 0.275 e. The number of nitro groups is 1. The number of hydrogen-bond acceptors (Lipinski definition) is 3. The van der Waals surface area contributed by atoms with Gasteiger partial charge in [-0.25, -0.2) is 0 Å². The number of rotatable bonds is 2. The molecule has 1 aromatic carbocycles. The van der Waals surface area contributed by atoms with E-state index in [2.05, 4.69) is 13.8 Å². The molecule has 128 valence electrons. The molecule has 0 spiro atoms. The van der Waals surface area contributed by atoms with Crippen LogP contribution in [0, 0.1) is 27.9 Å². The standard InChI is InChI=1S/C19H24N2O3/c1-12-6-13-8-14(7-12)10-19(2,9-13)20-11-16-15(18(20)22)4-3-5-17(16)21(23)24/h3-5,12-14H,6-11H2,1-2H3. The summed E-state index contributed by atoms with van der Waals surface area (Å²) in [5, 5.41) is 11.3. The van der Waals surface area contributed by atoms with Crippen molar-refractivity contribution in [2.75, 3.05) is 0 Å². The van der Waals surface area contributed by atoms with Crippen LogP contribution in [0.15, 0.2) is 18.2 Å². The van der Waals surface area contributed by atoms with Crippen LogP contribution in [0.4, 0.5) is 5.69 Å². The van der Waals surface area contributed by atoms with E-state index in [1.165, 1.54) is 25.3 Å². The Morgan fingerprint density at radius 2 is 1.88 bits per heavy atom. The second kappa shape index (κ2) is 5.30. The van der Waals surface area contributed by atoms with Gasteiger partial charge >= 0.3 is 0 Å². The molecular weight excluding hydrogens is 304 g/mol. The molecule has 0 aromatic heterocycles. The van der Waals surface area contributed by atoms with Crippen molar-refractivity contribution >= 4 is 11.6 Å². The SMILES string of the molecule is CC1CC2CC(C1)CC(C)(N1Cc3c(cccc3[N+](=O)[O-])C1=O)C2. The summed E-state index contributed by atoms with van der Waals surface area (Å²) in [6.07, 6.45) is 5.85. The molecule has 0 N–H and O–H groups in total. The Bertz CT molecular complexity index is 697. The Balaban J connectivity index is 1.65. The quantitative estimate of drug-likeness (QED) is 0.605. The number of nitrogens with zero attached hydrogens (tertiary/aromatic N) is 2. The third kappa shape index (κ3) is 2.33. The highest BCUT2D eigenvalue weighted by Gasteiger charge is 2.48. The largest absolute Gasteiger partial charge is 0.329 e. The van der Waals surface area contributed by atoms with E-state index < -0.39 is 0 Å². The van der Waals surface area contributed by atoms with E-state index in [0.717, 1.165) is 18.8 Å². The van der Waals surface area contributed by atoms with Gasteiger partial charge in [0.15, 0.2) is 0 Å². The van der Waals surface area contributed by atoms with Crippen molar-refractivity contribution in [1.29, 1.82) is 0 Å². The molecule has 2 fully saturated rings. The number of carbonyl (C=O) groups is 1. The molecule has 1 heterocycles. The summed E-state index contributed by atoms with van der Waals surface area (Å²) in [6.45, 7) is 4.91. The Morgan fingerprint density at radius 1 is 1.21 bits per heavy atom. The number of carbonyl (C=O) groups excluding carboxylic acids is 1. The summed E-state index contributed by atoms with van der Waals surface area (Å²) < 4.78 is 0. The van der Waals surface area contributed by atoms with Crippen molar-refractivity contribution in [3.05, 3.63) is 39.4 Å². The third-order valence-corrected chi connectivity index (χ3v) is 6.39. The lowest BCUT2D eigenvalue weighted by Crippen LogP contribution is -2.52. The minimum atomic E-state index is -0.366. The molecule has 4 rings (SSSR count). The Hall–Kier alpha value is -1.91. The number of hydrogen-bond donors (Lipinski definition) is 0. The first-order chi connectivity index (χ1) is 11.4. The molecule has 0 radical (unpaired) electrons. The first kappa shape index (κ1) is 15.6. The van der Waals surface area contributed by atoms with Crippen LogP contribution >= 0.6 is 0 Å². The van der Waals surface area contributed by atoms with Gasteiger partial charge in [0.05, 0.1) is 22.6 Å². The molecule has 1 aromatic rings. The fourth-order valence-corrected chi connectivity index (χ4v) is 5.70. The molecule has 24 heavy (non-hydrogen) atoms. The van der Waals surface area contributed by atoms with Crippen molar-refractivity contribution in [2.24, 2.45) is 17.8 Å². The predicted octanol–water partition coefficient (Wildman–Crippen LogP) is 4.16. The van der Waals surface area contributed by atoms with Crippen molar-refractivity contribution in [1.82, 2.24) is 4.90 Å². The number of nitro benzene ring substituents is 1. The summed E-state index contributed by atoms with van der Waals surface area (Å²) in [4.78, 5) is 25.8. The van der Waals surface area contributed by atoms with Crippen molar-refractivity contribution in [2.45, 2.75) is 58.0 Å². The molecular formula is C19H24N2O3. The van der Waals surface area contributed by atoms with Gasteiger partial charge in [0.1, 0.15) is 0 Å². The molecule has 0 saturated heterocycles. The number of fused-ring (bicyclic) bond motifs is 3. The van der Waals surface area contributed by atoms with Crippen molar-refractivity contribution < 1.29 is 9.72 Å². The van der Waals surface area contributed by atoms with Gasteiger partial charge < -0.3 is 4.90 Å². The van der Waals surface area contributed by atoms with Crippen LogP contribution in [0.2, 0.25) is 0 Å². The van der Waals surface area contributed by atoms with Crippen LogP contribution in [-0.4, -0.2) is 21.3 Å². The smallest absolute Gasteiger partial charge is 0.275 e. The molecule has 2 aliphatic carbocycles. The van der Waals surface area contributed by atoms with Crippen LogP contribution in [-0.2, 0) is 6.54 Å². The Labute approximate surface area is 142 Å². The van der Waals surface area contributed by atoms with Crippen molar-refractivity contribution in [3.8, 4) is 0 Å². The van der Waals surface area contributed by atoms with Crippen LogP contribution in [0.3, 0.4) is 0 Å². The van der Waals surface area contributed by atoms with E-state index in [9.17, 15) is 14.9 Å². The van der Waals surface area contributed by atoms with E-state index in [1.54, 1.807) is 12.1 Å². The molecule has 1 amide bonds. The van der Waals surface area contributed by atoms with Gasteiger partial charge in [-0.1, -0.05) is 13.0 Å². The molecule has 1 aliphatic heterocycles. The first-order valence-electron chi connectivity index (χ1n) is 8.95. The van der Waals surface area contributed by atoms with E-state index in [0.29, 0.717) is 29.5 Å². The first-order valence-corrected chi connectivity index (χ1v) is 8.95. The van der Waals surface area contributed by atoms with Gasteiger partial charge in [0, 0.05) is 11.6 Å². The van der Waals surface area contributed by atoms with Crippen molar-refractivity contribution in [3.63, 3.8) is 0 Å². The van der Waals surface area contributed by atoms with Gasteiger partial charge in [-0.05, 0) is 62.8 Å². The minimum Gasteiger partial charge on any atom is -0.329 e. The average molecular weight is 328 g/mol. The van der Waals surface area contributed by atoms with E-state index in [-0.39, 0.29) is 22.1 Å². The fourth-order valence-electron chi connectivity index (χ4n) is 5.70. The lowest BCUT2D eigenvalue weighted by atomic mass is 9.62. The minimum absolute atomic E-state index is 0.0239. The summed E-state index contributed by atoms with van der Waals surface area (Å²) in [5.41, 5.74) is 1.03. The number of amides is 1. The highest BCUT2D eigenvalue weighted by molar-refractivity contribution is 6.00. The second-order valence-electron chi connectivity index (χ2n) is 8.40. The van der Waals surface area contributed by atoms with Crippen LogP contribution < -0.4 is 0 Å². The Kier molecular flexibility index (Phi) is 3.44. The predicted molar refractivity (Wildman–Crippen MR) is 90.6 cm³/mol. The van der Waals surface area contributed by atoms with Gasteiger partial charge in [-0.15, -0.1) is 0 Å². The maximum absolute atomic E-state index is 13.0. The van der Waals surface area contributed by atoms with Crippen LogP contribution in [0.25, 0.3) is 0 Å². The molecule has 2 bridgehead atoms. The summed E-state index contributed by atoms with van der Waals surface area (Å²) in [7, 11) is 0. The molecule has 2 atom stereocenters. The van der Waals surface area contributed by atoms with E-state index >= 15 is 0 Å². The molecule has 2 unspecified atom stereocenters. The third-order valence-electron chi connectivity index (χ3n) is 6.39. The zero-order valence-electron chi connectivity index (χ0n) is 14.3. The normalized spacial score (nSPS) is 35.0. The summed E-state index contributed by atoms with van der Waals surface area (Å²) in [5.74, 6) is 2.13. The lowest BCUT2D eigenvalue weighted by Gasteiger charge is -2.51. The molecule has 2 saturated carbocycles. The lowest BCUT2D eigenvalue weighted by molar-refractivity contribution is -0.385. The van der Waals surface area contributed by atoms with E-state index in [4.69, 9.17) is 0 Å². The molecule has 3 aliphatic rings. The van der Waals surface area contributed by atoms with Gasteiger partial charge in [0.25, 0.3) is 11.6 Å². The average Bonchev–Trinajstić information content (AvgIpc) is 2.83. The zero-order valence-corrected chi connectivity index (χ0v) is 14.3. The highest BCUT2D eigenvalue weighted by atomic mass is 16.6. The topological polar surface area (TPSA) is 63.4 Å². The molecule has 5 heteroatoms. The molecule has 5 nitrogen and oxygen atoms in total. The maximum atomic E-state index is 13.0. The number of benzene rings is 1.